The summed E-state index contributed by atoms with van der Waals surface area (Å²) in [5, 5.41) is 0. The molecule has 0 amide bonds. The van der Waals surface area contributed by atoms with Crippen molar-refractivity contribution in [2.24, 2.45) is 0 Å². The van der Waals surface area contributed by atoms with Gasteiger partial charge in [0.1, 0.15) is 0 Å². The molecule has 0 aliphatic rings. The monoisotopic (exact) mass is 313 g/mol. The van der Waals surface area contributed by atoms with Crippen LogP contribution < -0.4 is 0 Å². The fourth-order valence-electron chi connectivity index (χ4n) is 2.03. The summed E-state index contributed by atoms with van der Waals surface area (Å²) in [5.74, 6) is 0.939. The van der Waals surface area contributed by atoms with E-state index in [1.807, 2.05) is 33.2 Å². The van der Waals surface area contributed by atoms with Gasteiger partial charge in [0.25, 0.3) is 0 Å². The van der Waals surface area contributed by atoms with Gasteiger partial charge in [0.2, 0.25) is 0 Å². The summed E-state index contributed by atoms with van der Waals surface area (Å²) in [7, 11) is 4.07. The smallest absolute Gasteiger partial charge is 0.0317 e. The lowest BCUT2D eigenvalue weighted by Gasteiger charge is -2.12. The van der Waals surface area contributed by atoms with Crippen molar-refractivity contribution in [3.8, 4) is 0 Å². The zero-order valence-electron chi connectivity index (χ0n) is 13.9. The number of hydrogen-bond acceptors (Lipinski definition) is 2. The molecule has 118 valence electrons. The molecule has 0 aromatic heterocycles. The molecule has 1 aromatic rings. The van der Waals surface area contributed by atoms with E-state index in [0.717, 1.165) is 24.2 Å². The van der Waals surface area contributed by atoms with Gasteiger partial charge in [-0.3, -0.25) is 0 Å². The van der Waals surface area contributed by atoms with Crippen LogP contribution in [0.1, 0.15) is 24.5 Å². The molecular weight excluding hydrogens is 286 g/mol. The van der Waals surface area contributed by atoms with Gasteiger partial charge in [-0.15, -0.1) is 0 Å². The number of likely N-dealkylation sites (N-methyl/N-ethyl adjacent to an activating group) is 1. The largest absolute Gasteiger partial charge is 0.378 e. The Labute approximate surface area is 141 Å². The van der Waals surface area contributed by atoms with Crippen molar-refractivity contribution in [3.05, 3.63) is 77.5 Å². The molecule has 0 fully saturated rings. The van der Waals surface area contributed by atoms with E-state index in [4.69, 9.17) is 0 Å². The molecule has 0 radical (unpaired) electrons. The summed E-state index contributed by atoms with van der Waals surface area (Å²) < 4.78 is 0. The van der Waals surface area contributed by atoms with Crippen molar-refractivity contribution in [3.63, 3.8) is 0 Å². The number of benzene rings is 1. The van der Waals surface area contributed by atoms with Crippen molar-refractivity contribution in [2.45, 2.75) is 19.8 Å². The van der Waals surface area contributed by atoms with Crippen LogP contribution in [0.25, 0.3) is 6.08 Å². The van der Waals surface area contributed by atoms with Crippen molar-refractivity contribution in [2.75, 3.05) is 19.8 Å². The SMILES string of the molecule is C=C(/C=C\C(=C/C)N(C)C)/C=C/c1ccc(CCCS)cc1. The molecule has 2 heteroatoms. The average Bonchev–Trinajstić information content (AvgIpc) is 2.52. The number of allylic oxidation sites excluding steroid dienone is 5. The third-order valence-corrected chi connectivity index (χ3v) is 3.69. The molecule has 22 heavy (non-hydrogen) atoms. The summed E-state index contributed by atoms with van der Waals surface area (Å²) in [4.78, 5) is 2.08. The minimum absolute atomic E-state index is 0.939. The molecule has 0 saturated heterocycles. The van der Waals surface area contributed by atoms with E-state index in [1.165, 1.54) is 16.8 Å². The fourth-order valence-corrected chi connectivity index (χ4v) is 2.19. The van der Waals surface area contributed by atoms with Gasteiger partial charge < -0.3 is 4.90 Å². The van der Waals surface area contributed by atoms with Crippen LogP contribution in [-0.2, 0) is 6.42 Å². The van der Waals surface area contributed by atoms with Gasteiger partial charge in [-0.2, -0.15) is 12.6 Å². The number of hydrogen-bond donors (Lipinski definition) is 1. The van der Waals surface area contributed by atoms with Gasteiger partial charge in [0, 0.05) is 19.8 Å². The van der Waals surface area contributed by atoms with Crippen molar-refractivity contribution in [1.29, 1.82) is 0 Å². The topological polar surface area (TPSA) is 3.24 Å². The lowest BCUT2D eigenvalue weighted by atomic mass is 10.1. The van der Waals surface area contributed by atoms with Crippen LogP contribution in [0.4, 0.5) is 0 Å². The first-order chi connectivity index (χ1) is 10.6. The number of aryl methyl sites for hydroxylation is 1. The van der Waals surface area contributed by atoms with Crippen LogP contribution in [0.15, 0.2) is 66.4 Å². The second-order valence-corrected chi connectivity index (χ2v) is 5.87. The third kappa shape index (κ3) is 6.86. The molecule has 0 spiro atoms. The Morgan fingerprint density at radius 2 is 1.82 bits per heavy atom. The molecule has 1 nitrogen and oxygen atoms in total. The number of thiol groups is 1. The highest BCUT2D eigenvalue weighted by atomic mass is 32.1. The van der Waals surface area contributed by atoms with Crippen LogP contribution in [0, 0.1) is 0 Å². The first kappa shape index (κ1) is 18.4. The maximum Gasteiger partial charge on any atom is 0.0317 e. The van der Waals surface area contributed by atoms with E-state index >= 15 is 0 Å². The average molecular weight is 314 g/mol. The maximum atomic E-state index is 4.25. The molecule has 1 rings (SSSR count). The molecule has 0 aliphatic carbocycles. The fraction of sp³-hybridized carbons (Fsp3) is 0.300. The maximum absolute atomic E-state index is 4.25. The molecule has 0 unspecified atom stereocenters. The first-order valence-electron chi connectivity index (χ1n) is 7.65. The van der Waals surface area contributed by atoms with E-state index in [1.54, 1.807) is 0 Å². The first-order valence-corrected chi connectivity index (χ1v) is 8.28. The van der Waals surface area contributed by atoms with E-state index in [2.05, 4.69) is 66.6 Å². The Balaban J connectivity index is 2.60. The van der Waals surface area contributed by atoms with Gasteiger partial charge in [0.15, 0.2) is 0 Å². The minimum atomic E-state index is 0.939. The molecule has 0 bridgehead atoms. The predicted octanol–water partition coefficient (Wildman–Crippen LogP) is 5.14. The Morgan fingerprint density at radius 3 is 2.36 bits per heavy atom. The summed E-state index contributed by atoms with van der Waals surface area (Å²) >= 11 is 4.25. The van der Waals surface area contributed by atoms with Gasteiger partial charge in [-0.1, -0.05) is 55.1 Å². The lowest BCUT2D eigenvalue weighted by molar-refractivity contribution is 0.529. The Hall–Kier alpha value is -1.67. The second-order valence-electron chi connectivity index (χ2n) is 5.42. The molecule has 0 heterocycles. The minimum Gasteiger partial charge on any atom is -0.378 e. The highest BCUT2D eigenvalue weighted by molar-refractivity contribution is 7.80. The normalized spacial score (nSPS) is 12.3. The van der Waals surface area contributed by atoms with Crippen LogP contribution in [0.5, 0.6) is 0 Å². The van der Waals surface area contributed by atoms with Crippen LogP contribution in [0.3, 0.4) is 0 Å². The van der Waals surface area contributed by atoms with Crippen molar-refractivity contribution >= 4 is 18.7 Å². The molecule has 0 saturated carbocycles. The zero-order valence-corrected chi connectivity index (χ0v) is 14.8. The Kier molecular flexibility index (Phi) is 8.46. The van der Waals surface area contributed by atoms with Crippen LogP contribution in [-0.4, -0.2) is 24.7 Å². The number of rotatable bonds is 8. The summed E-state index contributed by atoms with van der Waals surface area (Å²) in [6.07, 6.45) is 12.6. The van der Waals surface area contributed by atoms with Gasteiger partial charge in [-0.25, -0.2) is 0 Å². The highest BCUT2D eigenvalue weighted by Gasteiger charge is 1.94. The summed E-state index contributed by atoms with van der Waals surface area (Å²) in [5.41, 5.74) is 4.72. The lowest BCUT2D eigenvalue weighted by Crippen LogP contribution is -2.08. The van der Waals surface area contributed by atoms with Gasteiger partial charge >= 0.3 is 0 Å². The van der Waals surface area contributed by atoms with E-state index in [9.17, 15) is 0 Å². The molecule has 1 aromatic carbocycles. The van der Waals surface area contributed by atoms with Crippen molar-refractivity contribution < 1.29 is 0 Å². The van der Waals surface area contributed by atoms with E-state index in [-0.39, 0.29) is 0 Å². The molecule has 0 atom stereocenters. The number of nitrogens with zero attached hydrogens (tertiary/aromatic N) is 1. The van der Waals surface area contributed by atoms with Crippen molar-refractivity contribution in [1.82, 2.24) is 4.90 Å². The Bertz CT molecular complexity index is 548. The second kappa shape index (κ2) is 10.1. The van der Waals surface area contributed by atoms with Gasteiger partial charge in [0.05, 0.1) is 0 Å². The van der Waals surface area contributed by atoms with Gasteiger partial charge in [-0.05, 0) is 48.3 Å². The zero-order chi connectivity index (χ0) is 16.4. The summed E-state index contributed by atoms with van der Waals surface area (Å²) in [6.45, 7) is 6.10. The van der Waals surface area contributed by atoms with E-state index in [0.29, 0.717) is 0 Å². The Morgan fingerprint density at radius 1 is 1.14 bits per heavy atom. The molecule has 0 aliphatic heterocycles. The predicted molar refractivity (Wildman–Crippen MR) is 103 cm³/mol. The third-order valence-electron chi connectivity index (χ3n) is 3.37. The van der Waals surface area contributed by atoms with Crippen LogP contribution in [0.2, 0.25) is 0 Å². The van der Waals surface area contributed by atoms with E-state index < -0.39 is 0 Å². The molecular formula is C20H27NS. The highest BCUT2D eigenvalue weighted by Crippen LogP contribution is 2.11. The molecule has 0 N–H and O–H groups in total. The summed E-state index contributed by atoms with van der Waals surface area (Å²) in [6, 6.07) is 8.68. The van der Waals surface area contributed by atoms with Crippen LogP contribution >= 0.6 is 12.6 Å². The standard InChI is InChI=1S/C20H27NS/c1-5-20(21(3)4)15-9-17(2)8-10-19-13-11-18(12-14-19)7-6-16-22/h5,8-15,22H,2,6-7,16H2,1,3-4H3/b10-8+,15-9-,20-5+. The quantitative estimate of drug-likeness (QED) is 0.514.